The Labute approximate surface area is 202 Å². The number of nitrogens with one attached hydrogen (secondary N) is 2. The molecule has 3 aromatic rings. The molecule has 1 fully saturated rings. The van der Waals surface area contributed by atoms with Crippen LogP contribution in [0.25, 0.3) is 5.52 Å². The minimum atomic E-state index is -0.961. The standard InChI is InChI=1S/C24H28N6O5/c1-3-11-35-24(33)27-20-8-9-29(14-19(20)23(31)32)13-16-7-10-30-15-25-28-22(21(16)30)26-17-5-4-6-18(12-17)34-2/h3-7,10,12,15,19-20H,1,8-9,11,13-14H2,2H3,(H,26,28)(H,27,33)(H,31,32). The quantitative estimate of drug-likeness (QED) is 0.396. The zero-order valence-corrected chi connectivity index (χ0v) is 19.4. The first-order chi connectivity index (χ1) is 17.0. The average molecular weight is 481 g/mol. The molecule has 11 nitrogen and oxygen atoms in total. The number of amides is 1. The minimum absolute atomic E-state index is 0.0686. The van der Waals surface area contributed by atoms with Gasteiger partial charge in [-0.25, -0.2) is 4.79 Å². The number of aliphatic carboxylic acids is 1. The molecule has 11 heteroatoms. The summed E-state index contributed by atoms with van der Waals surface area (Å²) in [5.74, 6) is -0.424. The molecule has 0 bridgehead atoms. The summed E-state index contributed by atoms with van der Waals surface area (Å²) in [6.07, 6.45) is 4.83. The Morgan fingerprint density at radius 2 is 2.20 bits per heavy atom. The molecule has 0 radical (unpaired) electrons. The van der Waals surface area contributed by atoms with Gasteiger partial charge >= 0.3 is 12.1 Å². The van der Waals surface area contributed by atoms with Gasteiger partial charge in [0.15, 0.2) is 5.82 Å². The van der Waals surface area contributed by atoms with E-state index < -0.39 is 24.0 Å². The number of benzene rings is 1. The number of carbonyl (C=O) groups is 2. The van der Waals surface area contributed by atoms with Gasteiger partial charge < -0.3 is 29.6 Å². The van der Waals surface area contributed by atoms with Crippen LogP contribution in [-0.2, 0) is 16.1 Å². The lowest BCUT2D eigenvalue weighted by Crippen LogP contribution is -2.53. The van der Waals surface area contributed by atoms with Crippen LogP contribution in [0.3, 0.4) is 0 Å². The van der Waals surface area contributed by atoms with Crippen LogP contribution in [0.4, 0.5) is 16.3 Å². The zero-order chi connectivity index (χ0) is 24.8. The Balaban J connectivity index is 1.50. The molecule has 0 saturated carbocycles. The van der Waals surface area contributed by atoms with Crippen LogP contribution in [0.15, 0.2) is 55.5 Å². The monoisotopic (exact) mass is 480 g/mol. The van der Waals surface area contributed by atoms with E-state index in [-0.39, 0.29) is 13.2 Å². The Bertz CT molecular complexity index is 1210. The van der Waals surface area contributed by atoms with Gasteiger partial charge in [0.05, 0.1) is 18.5 Å². The van der Waals surface area contributed by atoms with Gasteiger partial charge in [-0.3, -0.25) is 9.69 Å². The molecule has 1 aliphatic heterocycles. The van der Waals surface area contributed by atoms with Gasteiger partial charge in [-0.1, -0.05) is 18.7 Å². The lowest BCUT2D eigenvalue weighted by Gasteiger charge is -2.36. The van der Waals surface area contributed by atoms with E-state index in [2.05, 4.69) is 32.3 Å². The Morgan fingerprint density at radius 1 is 1.34 bits per heavy atom. The number of rotatable bonds is 9. The predicted molar refractivity (Wildman–Crippen MR) is 129 cm³/mol. The molecule has 1 aliphatic rings. The first-order valence-electron chi connectivity index (χ1n) is 11.2. The minimum Gasteiger partial charge on any atom is -0.497 e. The van der Waals surface area contributed by atoms with Crippen LogP contribution in [0, 0.1) is 5.92 Å². The smallest absolute Gasteiger partial charge is 0.407 e. The van der Waals surface area contributed by atoms with Gasteiger partial charge in [-0.15, -0.1) is 10.2 Å². The number of piperidine rings is 1. The maximum absolute atomic E-state index is 12.0. The highest BCUT2D eigenvalue weighted by molar-refractivity contribution is 5.77. The predicted octanol–water partition coefficient (Wildman–Crippen LogP) is 2.67. The van der Waals surface area contributed by atoms with E-state index in [1.54, 1.807) is 13.4 Å². The lowest BCUT2D eigenvalue weighted by molar-refractivity contribution is -0.144. The number of ether oxygens (including phenoxy) is 2. The second-order valence-corrected chi connectivity index (χ2v) is 8.24. The number of anilines is 2. The fraction of sp³-hybridized carbons (Fsp3) is 0.333. The molecule has 4 rings (SSSR count). The van der Waals surface area contributed by atoms with Crippen molar-refractivity contribution in [2.45, 2.75) is 19.0 Å². The largest absolute Gasteiger partial charge is 0.497 e. The first kappa shape index (κ1) is 24.0. The summed E-state index contributed by atoms with van der Waals surface area (Å²) in [4.78, 5) is 26.0. The van der Waals surface area contributed by atoms with E-state index in [1.165, 1.54) is 6.08 Å². The fourth-order valence-corrected chi connectivity index (χ4v) is 4.25. The molecule has 2 aromatic heterocycles. The topological polar surface area (TPSA) is 130 Å². The number of hydrogen-bond acceptors (Lipinski definition) is 8. The van der Waals surface area contributed by atoms with Crippen molar-refractivity contribution in [1.82, 2.24) is 24.8 Å². The van der Waals surface area contributed by atoms with E-state index in [0.29, 0.717) is 25.3 Å². The number of aromatic nitrogens is 3. The molecule has 184 valence electrons. The van der Waals surface area contributed by atoms with Crippen LogP contribution in [0.2, 0.25) is 0 Å². The van der Waals surface area contributed by atoms with Gasteiger partial charge in [-0.2, -0.15) is 0 Å². The number of carbonyl (C=O) groups excluding carboxylic acids is 1. The van der Waals surface area contributed by atoms with Crippen LogP contribution >= 0.6 is 0 Å². The molecule has 3 heterocycles. The van der Waals surface area contributed by atoms with Crippen molar-refractivity contribution in [2.75, 3.05) is 32.1 Å². The summed E-state index contributed by atoms with van der Waals surface area (Å²) in [7, 11) is 1.61. The average Bonchev–Trinajstić information content (AvgIpc) is 3.27. The van der Waals surface area contributed by atoms with Gasteiger partial charge in [0.2, 0.25) is 0 Å². The molecule has 0 aliphatic carbocycles. The highest BCUT2D eigenvalue weighted by Crippen LogP contribution is 2.27. The van der Waals surface area contributed by atoms with Gasteiger partial charge in [-0.05, 0) is 30.2 Å². The summed E-state index contributed by atoms with van der Waals surface area (Å²) < 4.78 is 12.1. The van der Waals surface area contributed by atoms with Crippen molar-refractivity contribution in [3.63, 3.8) is 0 Å². The Hall–Kier alpha value is -4.12. The van der Waals surface area contributed by atoms with Crippen molar-refractivity contribution in [1.29, 1.82) is 0 Å². The van der Waals surface area contributed by atoms with Crippen molar-refractivity contribution in [3.05, 3.63) is 61.1 Å². The molecule has 3 N–H and O–H groups in total. The second kappa shape index (κ2) is 10.9. The number of alkyl carbamates (subject to hydrolysis) is 1. The molecular weight excluding hydrogens is 452 g/mol. The van der Waals surface area contributed by atoms with E-state index in [4.69, 9.17) is 9.47 Å². The molecule has 1 saturated heterocycles. The summed E-state index contributed by atoms with van der Waals surface area (Å²) in [5, 5.41) is 24.1. The maximum Gasteiger partial charge on any atom is 0.407 e. The van der Waals surface area contributed by atoms with Crippen LogP contribution < -0.4 is 15.4 Å². The second-order valence-electron chi connectivity index (χ2n) is 8.24. The lowest BCUT2D eigenvalue weighted by atomic mass is 9.92. The van der Waals surface area contributed by atoms with Crippen LogP contribution in [0.1, 0.15) is 12.0 Å². The molecule has 35 heavy (non-hydrogen) atoms. The van der Waals surface area contributed by atoms with Crippen molar-refractivity contribution in [3.8, 4) is 5.75 Å². The van der Waals surface area contributed by atoms with E-state index >= 15 is 0 Å². The molecule has 2 atom stereocenters. The highest BCUT2D eigenvalue weighted by Gasteiger charge is 2.35. The third kappa shape index (κ3) is 5.69. The summed E-state index contributed by atoms with van der Waals surface area (Å²) in [5.41, 5.74) is 2.63. The molecule has 2 unspecified atom stereocenters. The van der Waals surface area contributed by atoms with Crippen LogP contribution in [-0.4, -0.2) is 69.5 Å². The van der Waals surface area contributed by atoms with E-state index in [1.807, 2.05) is 40.9 Å². The van der Waals surface area contributed by atoms with Crippen molar-refractivity contribution in [2.24, 2.45) is 5.92 Å². The normalized spacial score (nSPS) is 18.1. The molecule has 1 amide bonds. The number of hydrogen-bond donors (Lipinski definition) is 3. The number of fused-ring (bicyclic) bond motifs is 1. The summed E-state index contributed by atoms with van der Waals surface area (Å²) >= 11 is 0. The van der Waals surface area contributed by atoms with Crippen molar-refractivity contribution >= 4 is 29.1 Å². The first-order valence-corrected chi connectivity index (χ1v) is 11.2. The number of likely N-dealkylation sites (tertiary alicyclic amines) is 1. The zero-order valence-electron chi connectivity index (χ0n) is 19.4. The highest BCUT2D eigenvalue weighted by atomic mass is 16.5. The SMILES string of the molecule is C=CCOC(=O)NC1CCN(Cc2ccn3cnnc(Nc4cccc(OC)c4)c23)CC1C(=O)O. The summed E-state index contributed by atoms with van der Waals surface area (Å²) in [6.45, 7) is 4.99. The maximum atomic E-state index is 12.0. The Morgan fingerprint density at radius 3 is 2.97 bits per heavy atom. The van der Waals surface area contributed by atoms with E-state index in [9.17, 15) is 14.7 Å². The van der Waals surface area contributed by atoms with Crippen molar-refractivity contribution < 1.29 is 24.2 Å². The molecule has 1 aromatic carbocycles. The van der Waals surface area contributed by atoms with Crippen LogP contribution in [0.5, 0.6) is 5.75 Å². The van der Waals surface area contributed by atoms with Gasteiger partial charge in [0, 0.05) is 43.6 Å². The van der Waals surface area contributed by atoms with E-state index in [0.717, 1.165) is 22.5 Å². The Kier molecular flexibility index (Phi) is 7.46. The molecular formula is C24H28N6O5. The third-order valence-electron chi connectivity index (χ3n) is 5.93. The van der Waals surface area contributed by atoms with Gasteiger partial charge in [0.1, 0.15) is 18.7 Å². The number of methoxy groups -OCH3 is 1. The number of carboxylic acids is 1. The number of nitrogens with zero attached hydrogens (tertiary/aromatic N) is 4. The van der Waals surface area contributed by atoms with Gasteiger partial charge in [0.25, 0.3) is 0 Å². The summed E-state index contributed by atoms with van der Waals surface area (Å²) in [6, 6.07) is 8.97. The molecule has 0 spiro atoms. The fourth-order valence-electron chi connectivity index (χ4n) is 4.25. The number of carboxylic acid groups (broad SMARTS) is 1. The third-order valence-corrected chi connectivity index (χ3v) is 5.93.